The number of aromatic nitrogens is 2. The maximum Gasteiger partial charge on any atom is 0.262 e. The lowest BCUT2D eigenvalue weighted by molar-refractivity contribution is -0.136. The molecule has 4 atom stereocenters. The third-order valence-electron chi connectivity index (χ3n) is 11.4. The molecule has 1 unspecified atom stereocenters. The molecule has 2 aromatic heterocycles. The van der Waals surface area contributed by atoms with E-state index in [1.54, 1.807) is 48.3 Å². The van der Waals surface area contributed by atoms with E-state index in [1.165, 1.54) is 23.5 Å². The van der Waals surface area contributed by atoms with E-state index in [4.69, 9.17) is 30.5 Å². The summed E-state index contributed by atoms with van der Waals surface area (Å²) in [6.07, 6.45) is 2.79. The minimum Gasteiger partial charge on any atom is -0.379 e. The minimum atomic E-state index is -1.02. The highest BCUT2D eigenvalue weighted by molar-refractivity contribution is 7.17. The van der Waals surface area contributed by atoms with Crippen molar-refractivity contribution < 1.29 is 52.1 Å². The van der Waals surface area contributed by atoms with E-state index in [-0.39, 0.29) is 72.6 Å². The van der Waals surface area contributed by atoms with E-state index in [0.717, 1.165) is 21.0 Å². The fourth-order valence-corrected chi connectivity index (χ4v) is 9.54. The molecular formula is C45H51ClFN7O10S. The van der Waals surface area contributed by atoms with E-state index in [0.29, 0.717) is 87.6 Å². The highest BCUT2D eigenvalue weighted by atomic mass is 35.5. The van der Waals surface area contributed by atoms with Crippen LogP contribution in [0.3, 0.4) is 0 Å². The summed E-state index contributed by atoms with van der Waals surface area (Å²) in [6.45, 7) is 3.29. The molecule has 4 aromatic rings. The monoisotopic (exact) mass is 935 g/mol. The predicted molar refractivity (Wildman–Crippen MR) is 236 cm³/mol. The molecule has 0 radical (unpaired) electrons. The molecule has 346 valence electrons. The van der Waals surface area contributed by atoms with Crippen LogP contribution in [0.2, 0.25) is 5.02 Å². The van der Waals surface area contributed by atoms with Crippen LogP contribution in [-0.4, -0.2) is 134 Å². The van der Waals surface area contributed by atoms with E-state index >= 15 is 0 Å². The lowest BCUT2D eigenvalue weighted by Gasteiger charge is -2.37. The third-order valence-corrected chi connectivity index (χ3v) is 12.8. The van der Waals surface area contributed by atoms with Gasteiger partial charge >= 0.3 is 0 Å². The quantitative estimate of drug-likeness (QED) is 0.0661. The van der Waals surface area contributed by atoms with Gasteiger partial charge in [-0.3, -0.25) is 43.7 Å². The number of carbonyl (C=O) groups excluding carboxylic acids is 6. The van der Waals surface area contributed by atoms with Gasteiger partial charge in [0.1, 0.15) is 11.9 Å². The van der Waals surface area contributed by atoms with Crippen LogP contribution in [0.4, 0.5) is 4.39 Å². The molecule has 5 heterocycles. The van der Waals surface area contributed by atoms with Crippen LogP contribution in [0.1, 0.15) is 73.1 Å². The molecule has 65 heavy (non-hydrogen) atoms. The lowest BCUT2D eigenvalue weighted by atomic mass is 9.81. The molecule has 3 aliphatic heterocycles. The zero-order chi connectivity index (χ0) is 45.9. The van der Waals surface area contributed by atoms with E-state index in [1.807, 2.05) is 12.1 Å². The molecule has 0 spiro atoms. The van der Waals surface area contributed by atoms with Crippen LogP contribution in [0.5, 0.6) is 0 Å². The molecule has 2 saturated heterocycles. The largest absolute Gasteiger partial charge is 0.379 e. The summed E-state index contributed by atoms with van der Waals surface area (Å²) in [5, 5.41) is 16.3. The van der Waals surface area contributed by atoms with Gasteiger partial charge in [-0.25, -0.2) is 4.39 Å². The Morgan fingerprint density at radius 2 is 1.65 bits per heavy atom. The second kappa shape index (κ2) is 22.7. The van der Waals surface area contributed by atoms with Gasteiger partial charge in [-0.1, -0.05) is 35.9 Å². The molecule has 20 heteroatoms. The SMILES string of the molecule is Cn1ncc(Cl)c1-c1ccc(C(=O)N[C@@H]2CN[C@H](CC(=O)NCCOCCOCCOCCOCCc3cccc4c3C(=O)N(C3CCC(=O)NC3=O)C4=O)C[C@H]2c2cccc(F)c2)s1. The number of benzene rings is 2. The number of imide groups is 2. The zero-order valence-corrected chi connectivity index (χ0v) is 37.4. The van der Waals surface area contributed by atoms with Crippen molar-refractivity contribution in [3.05, 3.63) is 98.8 Å². The standard InChI is InChI=1S/C45H51ClFN7O10S/c1-53-41(33(46)25-50-53)36-9-10-37(65-36)43(58)51-34-26-49-30(23-32(34)28-5-2-6-29(47)22-28)24-39(56)48-13-15-62-17-19-64-21-20-63-18-16-61-14-12-27-4-3-7-31-40(27)45(60)54(44(31)59)35-8-11-38(55)52-42(35)57/h2-7,9-10,22,25,30,32,34-35,49H,8,11-21,23-24,26H2,1H3,(H,48,56)(H,51,58)(H,52,55,57)/t30-,32-,34+,35?/m0/s1. The minimum absolute atomic E-state index is 0.0549. The van der Waals surface area contributed by atoms with Gasteiger partial charge in [-0.15, -0.1) is 11.3 Å². The molecule has 4 N–H and O–H groups in total. The van der Waals surface area contributed by atoms with Crippen LogP contribution < -0.4 is 21.3 Å². The normalized spacial score (nSPS) is 19.6. The first-order valence-electron chi connectivity index (χ1n) is 21.5. The van der Waals surface area contributed by atoms with Crippen molar-refractivity contribution in [1.29, 1.82) is 0 Å². The molecule has 0 bridgehead atoms. The Balaban J connectivity index is 0.728. The molecule has 6 amide bonds. The van der Waals surface area contributed by atoms with Crippen LogP contribution in [0.25, 0.3) is 10.6 Å². The topological polar surface area (TPSA) is 209 Å². The first-order valence-corrected chi connectivity index (χ1v) is 22.7. The number of rotatable bonds is 22. The van der Waals surface area contributed by atoms with Gasteiger partial charge in [0.05, 0.1) is 90.6 Å². The summed E-state index contributed by atoms with van der Waals surface area (Å²) in [5.41, 5.74) is 2.61. The Hall–Kier alpha value is -5.41. The number of halogens is 2. The molecule has 2 fully saturated rings. The van der Waals surface area contributed by atoms with Gasteiger partial charge < -0.3 is 34.9 Å². The smallest absolute Gasteiger partial charge is 0.262 e. The number of hydrogen-bond donors (Lipinski definition) is 4. The number of thiophene rings is 1. The highest BCUT2D eigenvalue weighted by Crippen LogP contribution is 2.35. The van der Waals surface area contributed by atoms with Crippen molar-refractivity contribution in [2.45, 2.75) is 56.1 Å². The van der Waals surface area contributed by atoms with Crippen molar-refractivity contribution in [2.75, 3.05) is 65.9 Å². The van der Waals surface area contributed by atoms with Crippen molar-refractivity contribution in [1.82, 2.24) is 35.9 Å². The average Bonchev–Trinajstić information content (AvgIpc) is 3.97. The molecule has 0 aliphatic carbocycles. The molecule has 3 aliphatic rings. The first-order chi connectivity index (χ1) is 31.5. The number of amides is 6. The number of carbonyl (C=O) groups is 6. The van der Waals surface area contributed by atoms with Crippen molar-refractivity contribution in [2.24, 2.45) is 7.05 Å². The van der Waals surface area contributed by atoms with E-state index in [2.05, 4.69) is 26.4 Å². The number of hydrogen-bond acceptors (Lipinski definition) is 13. The number of ether oxygens (including phenoxy) is 4. The third kappa shape index (κ3) is 12.1. The average molecular weight is 936 g/mol. The molecule has 0 saturated carbocycles. The maximum atomic E-state index is 14.4. The Bertz CT molecular complexity index is 2360. The predicted octanol–water partition coefficient (Wildman–Crippen LogP) is 3.40. The molecule has 7 rings (SSSR count). The van der Waals surface area contributed by atoms with Crippen LogP contribution in [0, 0.1) is 5.82 Å². The van der Waals surface area contributed by atoms with Crippen molar-refractivity contribution in [3.63, 3.8) is 0 Å². The number of aryl methyl sites for hydroxylation is 1. The van der Waals surface area contributed by atoms with Crippen LogP contribution in [-0.2, 0) is 46.8 Å². The Kier molecular flexibility index (Phi) is 16.6. The second-order valence-electron chi connectivity index (χ2n) is 15.8. The van der Waals surface area contributed by atoms with Crippen molar-refractivity contribution >= 4 is 58.4 Å². The van der Waals surface area contributed by atoms with Gasteiger partial charge in [-0.2, -0.15) is 5.10 Å². The van der Waals surface area contributed by atoms with Crippen LogP contribution in [0.15, 0.2) is 60.8 Å². The van der Waals surface area contributed by atoms with Crippen LogP contribution >= 0.6 is 22.9 Å². The Morgan fingerprint density at radius 1 is 0.923 bits per heavy atom. The lowest BCUT2D eigenvalue weighted by Crippen LogP contribution is -2.54. The fourth-order valence-electron chi connectivity index (χ4n) is 8.21. The van der Waals surface area contributed by atoms with Gasteiger partial charge in [-0.05, 0) is 60.7 Å². The Morgan fingerprint density at radius 3 is 2.35 bits per heavy atom. The molecule has 2 aromatic carbocycles. The summed E-state index contributed by atoms with van der Waals surface area (Å²) < 4.78 is 38.4. The second-order valence-corrected chi connectivity index (χ2v) is 17.2. The highest BCUT2D eigenvalue weighted by Gasteiger charge is 2.45. The van der Waals surface area contributed by atoms with Gasteiger partial charge in [0.15, 0.2) is 0 Å². The summed E-state index contributed by atoms with van der Waals surface area (Å²) >= 11 is 7.62. The Labute approximate surface area is 383 Å². The fraction of sp³-hybridized carbons (Fsp3) is 0.444. The molecular weight excluding hydrogens is 885 g/mol. The van der Waals surface area contributed by atoms with Gasteiger partial charge in [0.2, 0.25) is 17.7 Å². The van der Waals surface area contributed by atoms with Gasteiger partial charge in [0.25, 0.3) is 17.7 Å². The number of fused-ring (bicyclic) bond motifs is 1. The van der Waals surface area contributed by atoms with E-state index in [9.17, 15) is 33.2 Å². The van der Waals surface area contributed by atoms with E-state index < -0.39 is 29.7 Å². The number of nitrogens with zero attached hydrogens (tertiary/aromatic N) is 3. The van der Waals surface area contributed by atoms with Crippen molar-refractivity contribution in [3.8, 4) is 10.6 Å². The summed E-state index contributed by atoms with van der Waals surface area (Å²) in [4.78, 5) is 78.8. The van der Waals surface area contributed by atoms with Gasteiger partial charge in [0, 0.05) is 51.0 Å². The first kappa shape index (κ1) is 47.5. The summed E-state index contributed by atoms with van der Waals surface area (Å²) in [6, 6.07) is 13.4. The number of nitrogens with one attached hydrogen (secondary N) is 4. The maximum absolute atomic E-state index is 14.4. The summed E-state index contributed by atoms with van der Waals surface area (Å²) in [7, 11) is 1.78. The molecule has 17 nitrogen and oxygen atoms in total. The summed E-state index contributed by atoms with van der Waals surface area (Å²) in [5.74, 6) is -3.18. The number of piperidine rings is 2. The zero-order valence-electron chi connectivity index (χ0n) is 35.8.